The number of hydrogen-bond donors (Lipinski definition) is 6. The monoisotopic (exact) mass is 858 g/mol. The summed E-state index contributed by atoms with van der Waals surface area (Å²) in [5.41, 5.74) is 3.52. The summed E-state index contributed by atoms with van der Waals surface area (Å²) in [6, 6.07) is 39.3. The molecule has 0 spiro atoms. The van der Waals surface area contributed by atoms with E-state index in [1.54, 1.807) is 79.1 Å². The molecule has 1 fully saturated rings. The Balaban J connectivity index is 0.841. The molecule has 1 amide bonds. The first-order chi connectivity index (χ1) is 31.1. The zero-order valence-corrected chi connectivity index (χ0v) is 35.2. The molecule has 0 saturated carbocycles. The van der Waals surface area contributed by atoms with Gasteiger partial charge in [-0.2, -0.15) is 0 Å². The minimum Gasteiger partial charge on any atom is -0.506 e. The highest BCUT2D eigenvalue weighted by Gasteiger charge is 2.42. The number of benzene rings is 5. The molecule has 0 radical (unpaired) electrons. The minimum atomic E-state index is -2.06. The Morgan fingerprint density at radius 3 is 2.28 bits per heavy atom. The molecule has 0 bridgehead atoms. The lowest BCUT2D eigenvalue weighted by Crippen LogP contribution is -2.40. The number of rotatable bonds is 16. The molecule has 1 aliphatic rings. The SMILES string of the molecule is O=C(NCc1cnc(-c2cccc(C(O)(C(=O)OCC3CCN(Cc4ccccc4)CC3)c3ccccc3)c2)cn1)c1ccc(CNCC(O)c2ccc(O)c3[nH]c(=O)ccc23)cc1. The molecule has 6 N–H and O–H groups in total. The number of nitrogens with one attached hydrogen (secondary N) is 3. The number of H-pyrrole nitrogens is 1. The average molecular weight is 859 g/mol. The fourth-order valence-corrected chi connectivity index (χ4v) is 8.09. The fraction of sp³-hybridized carbons (Fsp3) is 0.235. The number of nitrogens with zero attached hydrogens (tertiary/aromatic N) is 3. The van der Waals surface area contributed by atoms with E-state index in [4.69, 9.17) is 4.74 Å². The van der Waals surface area contributed by atoms with Gasteiger partial charge in [0.15, 0.2) is 0 Å². The number of pyridine rings is 1. The van der Waals surface area contributed by atoms with Crippen molar-refractivity contribution in [1.82, 2.24) is 30.5 Å². The molecule has 64 heavy (non-hydrogen) atoms. The predicted molar refractivity (Wildman–Crippen MR) is 243 cm³/mol. The van der Waals surface area contributed by atoms with E-state index in [-0.39, 0.29) is 48.3 Å². The molecular formula is C51H50N6O7. The second-order valence-corrected chi connectivity index (χ2v) is 16.2. The molecule has 1 saturated heterocycles. The topological polar surface area (TPSA) is 190 Å². The third kappa shape index (κ3) is 10.3. The Bertz CT molecular complexity index is 2740. The van der Waals surface area contributed by atoms with Crippen molar-refractivity contribution in [3.05, 3.63) is 195 Å². The summed E-state index contributed by atoms with van der Waals surface area (Å²) in [4.78, 5) is 52.9. The van der Waals surface area contributed by atoms with Gasteiger partial charge in [-0.3, -0.25) is 24.5 Å². The van der Waals surface area contributed by atoms with Crippen molar-refractivity contribution in [2.75, 3.05) is 26.2 Å². The number of aliphatic hydroxyl groups excluding tert-OH is 1. The number of fused-ring (bicyclic) bond motifs is 1. The van der Waals surface area contributed by atoms with Gasteiger partial charge < -0.3 is 35.7 Å². The molecule has 2 aromatic heterocycles. The van der Waals surface area contributed by atoms with Crippen LogP contribution in [-0.2, 0) is 34.8 Å². The molecule has 8 rings (SSSR count). The number of phenolic OH excluding ortho intramolecular Hbond substituents is 1. The summed E-state index contributed by atoms with van der Waals surface area (Å²) in [6.45, 7) is 3.72. The second-order valence-electron chi connectivity index (χ2n) is 16.2. The highest BCUT2D eigenvalue weighted by molar-refractivity contribution is 5.94. The Hall–Kier alpha value is -7.03. The highest BCUT2D eigenvalue weighted by Crippen LogP contribution is 2.34. The smallest absolute Gasteiger partial charge is 0.347 e. The van der Waals surface area contributed by atoms with E-state index in [2.05, 4.69) is 54.8 Å². The summed E-state index contributed by atoms with van der Waals surface area (Å²) in [6.07, 6.45) is 4.06. The van der Waals surface area contributed by atoms with Crippen LogP contribution >= 0.6 is 0 Å². The molecule has 3 heterocycles. The van der Waals surface area contributed by atoms with Crippen LogP contribution in [0.3, 0.4) is 0 Å². The normalized spacial score (nSPS) is 14.7. The summed E-state index contributed by atoms with van der Waals surface area (Å²) < 4.78 is 5.91. The summed E-state index contributed by atoms with van der Waals surface area (Å²) in [5, 5.41) is 39.9. The Morgan fingerprint density at radius 1 is 0.812 bits per heavy atom. The van der Waals surface area contributed by atoms with E-state index in [0.717, 1.165) is 38.0 Å². The van der Waals surface area contributed by atoms with Crippen LogP contribution in [0.25, 0.3) is 22.2 Å². The summed E-state index contributed by atoms with van der Waals surface area (Å²) >= 11 is 0. The molecule has 7 aromatic rings. The average Bonchev–Trinajstić information content (AvgIpc) is 3.34. The van der Waals surface area contributed by atoms with E-state index >= 15 is 0 Å². The van der Waals surface area contributed by atoms with E-state index in [1.807, 2.05) is 30.3 Å². The van der Waals surface area contributed by atoms with Crippen LogP contribution in [0, 0.1) is 5.92 Å². The maximum absolute atomic E-state index is 13.9. The van der Waals surface area contributed by atoms with E-state index in [9.17, 15) is 29.7 Å². The molecule has 2 unspecified atom stereocenters. The number of aromatic nitrogens is 3. The molecular weight excluding hydrogens is 809 g/mol. The van der Waals surface area contributed by atoms with Gasteiger partial charge in [-0.05, 0) is 84.4 Å². The van der Waals surface area contributed by atoms with E-state index < -0.39 is 17.7 Å². The van der Waals surface area contributed by atoms with Gasteiger partial charge in [0.1, 0.15) is 5.75 Å². The number of amides is 1. The van der Waals surface area contributed by atoms with Gasteiger partial charge in [0, 0.05) is 47.8 Å². The lowest BCUT2D eigenvalue weighted by atomic mass is 9.85. The maximum Gasteiger partial charge on any atom is 0.347 e. The van der Waals surface area contributed by atoms with Crippen molar-refractivity contribution in [3.63, 3.8) is 0 Å². The lowest BCUT2D eigenvalue weighted by molar-refractivity contribution is -0.164. The van der Waals surface area contributed by atoms with Gasteiger partial charge in [-0.1, -0.05) is 97.1 Å². The van der Waals surface area contributed by atoms with Gasteiger partial charge in [-0.25, -0.2) is 4.79 Å². The molecule has 5 aromatic carbocycles. The predicted octanol–water partition coefficient (Wildman–Crippen LogP) is 6.14. The second kappa shape index (κ2) is 20.0. The maximum atomic E-state index is 13.9. The molecule has 2 atom stereocenters. The molecule has 13 heteroatoms. The number of aliphatic hydroxyl groups is 2. The first-order valence-electron chi connectivity index (χ1n) is 21.4. The van der Waals surface area contributed by atoms with Crippen LogP contribution in [0.2, 0.25) is 0 Å². The number of carbonyl (C=O) groups is 2. The minimum absolute atomic E-state index is 0.0714. The number of likely N-dealkylation sites (tertiary alicyclic amines) is 1. The number of phenols is 1. The van der Waals surface area contributed by atoms with Gasteiger partial charge in [-0.15, -0.1) is 0 Å². The van der Waals surface area contributed by atoms with Crippen LogP contribution in [0.15, 0.2) is 151 Å². The van der Waals surface area contributed by atoms with Gasteiger partial charge in [0.25, 0.3) is 5.91 Å². The quantitative estimate of drug-likeness (QED) is 0.0613. The van der Waals surface area contributed by atoms with Crippen LogP contribution in [-0.4, -0.2) is 73.3 Å². The zero-order valence-electron chi connectivity index (χ0n) is 35.2. The van der Waals surface area contributed by atoms with Crippen molar-refractivity contribution in [2.45, 2.75) is 44.2 Å². The van der Waals surface area contributed by atoms with Crippen molar-refractivity contribution < 1.29 is 29.6 Å². The number of aromatic amines is 1. The van der Waals surface area contributed by atoms with Crippen molar-refractivity contribution in [3.8, 4) is 17.0 Å². The lowest BCUT2D eigenvalue weighted by Gasteiger charge is -2.33. The number of carbonyl (C=O) groups excluding carboxylic acids is 2. The molecule has 13 nitrogen and oxygen atoms in total. The Labute approximate surface area is 370 Å². The first-order valence-corrected chi connectivity index (χ1v) is 21.4. The van der Waals surface area contributed by atoms with Crippen molar-refractivity contribution in [2.24, 2.45) is 5.92 Å². The van der Waals surface area contributed by atoms with Crippen LogP contribution in [0.4, 0.5) is 0 Å². The molecule has 326 valence electrons. The summed E-state index contributed by atoms with van der Waals surface area (Å²) in [7, 11) is 0. The van der Waals surface area contributed by atoms with Crippen molar-refractivity contribution in [1.29, 1.82) is 0 Å². The highest BCUT2D eigenvalue weighted by atomic mass is 16.5. The number of hydrogen-bond acceptors (Lipinski definition) is 11. The number of ether oxygens (including phenoxy) is 1. The van der Waals surface area contributed by atoms with E-state index in [1.165, 1.54) is 17.7 Å². The fourth-order valence-electron chi connectivity index (χ4n) is 8.09. The zero-order chi connectivity index (χ0) is 44.5. The molecule has 0 aliphatic carbocycles. The van der Waals surface area contributed by atoms with Crippen LogP contribution in [0.5, 0.6) is 5.75 Å². The van der Waals surface area contributed by atoms with E-state index in [0.29, 0.717) is 51.1 Å². The standard InChI is InChI=1S/C51H50N6O7/c58-45-20-18-42(43-19-21-47(60)56-48(43)45)46(59)31-52-27-34-14-16-37(17-15-34)49(61)55-29-41-28-54-44(30-53-41)38-10-7-13-40(26-38)51(63,39-11-5-2-6-12-39)50(62)64-33-36-22-24-57(25-23-36)32-35-8-3-1-4-9-35/h1-21,26,28,30,36,46,52,58-59,63H,22-25,27,29,31-33H2,(H,55,61)(H,56,60). The first kappa shape index (κ1) is 43.6. The third-order valence-corrected chi connectivity index (χ3v) is 11.8. The summed E-state index contributed by atoms with van der Waals surface area (Å²) in [5.74, 6) is -0.896. The third-order valence-electron chi connectivity index (χ3n) is 11.8. The number of piperidine rings is 1. The largest absolute Gasteiger partial charge is 0.506 e. The molecule has 1 aliphatic heterocycles. The number of aromatic hydroxyl groups is 1. The number of esters is 1. The Kier molecular flexibility index (Phi) is 13.6. The Morgan fingerprint density at radius 2 is 1.55 bits per heavy atom. The van der Waals surface area contributed by atoms with Gasteiger partial charge >= 0.3 is 5.97 Å². The van der Waals surface area contributed by atoms with Crippen molar-refractivity contribution >= 4 is 22.8 Å². The van der Waals surface area contributed by atoms with Gasteiger partial charge in [0.05, 0.1) is 48.6 Å². The van der Waals surface area contributed by atoms with Crippen LogP contribution in [0.1, 0.15) is 62.8 Å². The van der Waals surface area contributed by atoms with Crippen LogP contribution < -0.4 is 16.2 Å². The van der Waals surface area contributed by atoms with Gasteiger partial charge in [0.2, 0.25) is 11.2 Å².